The molecule has 1 aromatic rings. The van der Waals surface area contributed by atoms with E-state index in [-0.39, 0.29) is 12.4 Å². The number of fused-ring (bicyclic) bond motifs is 1. The van der Waals surface area contributed by atoms with Crippen LogP contribution in [0.15, 0.2) is 12.1 Å². The van der Waals surface area contributed by atoms with E-state index in [2.05, 4.69) is 30.7 Å². The Morgan fingerprint density at radius 2 is 2.00 bits per heavy atom. The quantitative estimate of drug-likeness (QED) is 0.664. The molecular formula is C14H20ClNO2. The largest absolute Gasteiger partial charge is 1.00 e. The van der Waals surface area contributed by atoms with Gasteiger partial charge in [0, 0.05) is 18.9 Å². The van der Waals surface area contributed by atoms with Gasteiger partial charge in [-0.15, -0.1) is 0 Å². The molecule has 0 N–H and O–H groups in total. The molecule has 0 bridgehead atoms. The highest BCUT2D eigenvalue weighted by molar-refractivity contribution is 5.97. The van der Waals surface area contributed by atoms with E-state index in [9.17, 15) is 0 Å². The van der Waals surface area contributed by atoms with Crippen molar-refractivity contribution < 1.29 is 26.5 Å². The van der Waals surface area contributed by atoms with Gasteiger partial charge in [0.25, 0.3) is 0 Å². The average molecular weight is 270 g/mol. The molecule has 1 aliphatic heterocycles. The van der Waals surface area contributed by atoms with Gasteiger partial charge in [0.05, 0.1) is 13.7 Å². The smallest absolute Gasteiger partial charge is 0.180 e. The molecule has 1 heterocycles. The van der Waals surface area contributed by atoms with Crippen LogP contribution >= 0.6 is 0 Å². The molecule has 4 heteroatoms. The van der Waals surface area contributed by atoms with Crippen LogP contribution in [0.1, 0.15) is 25.0 Å². The van der Waals surface area contributed by atoms with Gasteiger partial charge in [0.2, 0.25) is 0 Å². The Bertz CT molecular complexity index is 469. The highest BCUT2D eigenvalue weighted by Crippen LogP contribution is 2.32. The molecule has 1 aliphatic rings. The third kappa shape index (κ3) is 2.61. The molecule has 1 aromatic carbocycles. The number of ether oxygens (including phenoxy) is 2. The van der Waals surface area contributed by atoms with Crippen LogP contribution in [0.25, 0.3) is 0 Å². The molecule has 0 unspecified atom stereocenters. The minimum atomic E-state index is 0. The monoisotopic (exact) mass is 269 g/mol. The minimum absolute atomic E-state index is 0. The lowest BCUT2D eigenvalue weighted by molar-refractivity contribution is -0.498. The van der Waals surface area contributed by atoms with Crippen molar-refractivity contribution in [1.29, 1.82) is 0 Å². The predicted molar refractivity (Wildman–Crippen MR) is 68.7 cm³/mol. The van der Waals surface area contributed by atoms with Crippen molar-refractivity contribution in [2.24, 2.45) is 0 Å². The Hall–Kier alpha value is -1.22. The maximum atomic E-state index is 5.61. The number of hydrogen-bond acceptors (Lipinski definition) is 2. The van der Waals surface area contributed by atoms with E-state index >= 15 is 0 Å². The second-order valence-corrected chi connectivity index (χ2v) is 4.35. The van der Waals surface area contributed by atoms with E-state index in [1.54, 1.807) is 7.11 Å². The predicted octanol–water partition coefficient (Wildman–Crippen LogP) is -0.895. The summed E-state index contributed by atoms with van der Waals surface area (Å²) >= 11 is 0. The molecule has 100 valence electrons. The molecular weight excluding hydrogens is 250 g/mol. The fourth-order valence-electron chi connectivity index (χ4n) is 2.23. The summed E-state index contributed by atoms with van der Waals surface area (Å²) < 4.78 is 13.3. The maximum absolute atomic E-state index is 5.61. The van der Waals surface area contributed by atoms with E-state index < -0.39 is 0 Å². The van der Waals surface area contributed by atoms with Gasteiger partial charge in [-0.3, -0.25) is 0 Å². The van der Waals surface area contributed by atoms with Gasteiger partial charge in [-0.1, -0.05) is 0 Å². The molecule has 0 spiro atoms. The van der Waals surface area contributed by atoms with Gasteiger partial charge in [0.15, 0.2) is 17.2 Å². The first-order valence-corrected chi connectivity index (χ1v) is 6.06. The van der Waals surface area contributed by atoms with E-state index in [0.717, 1.165) is 24.5 Å². The number of methoxy groups -OCH3 is 1. The maximum Gasteiger partial charge on any atom is 0.180 e. The van der Waals surface area contributed by atoms with Crippen LogP contribution < -0.4 is 21.9 Å². The van der Waals surface area contributed by atoms with Crippen molar-refractivity contribution in [1.82, 2.24) is 0 Å². The molecule has 0 aromatic heterocycles. The van der Waals surface area contributed by atoms with Crippen molar-refractivity contribution in [2.75, 3.05) is 27.3 Å². The Labute approximate surface area is 115 Å². The summed E-state index contributed by atoms with van der Waals surface area (Å²) in [5, 5.41) is 0. The highest BCUT2D eigenvalue weighted by Gasteiger charge is 2.22. The third-order valence-corrected chi connectivity index (χ3v) is 3.37. The van der Waals surface area contributed by atoms with Gasteiger partial charge in [0.1, 0.15) is 13.6 Å². The van der Waals surface area contributed by atoms with Gasteiger partial charge in [-0.2, -0.15) is 0 Å². The SMILES string of the molecule is CCOc1cc2c(cc1OC)C(C)=[N+](C)CC2.[Cl-]. The fraction of sp³-hybridized carbons (Fsp3) is 0.500. The first kappa shape index (κ1) is 14.8. The topological polar surface area (TPSA) is 21.5 Å². The van der Waals surface area contributed by atoms with Crippen LogP contribution in [0, 0.1) is 0 Å². The van der Waals surface area contributed by atoms with Crippen LogP contribution in [-0.4, -0.2) is 37.6 Å². The Morgan fingerprint density at radius 3 is 2.61 bits per heavy atom. The third-order valence-electron chi connectivity index (χ3n) is 3.37. The fourth-order valence-corrected chi connectivity index (χ4v) is 2.23. The molecule has 2 rings (SSSR count). The van der Waals surface area contributed by atoms with Crippen molar-refractivity contribution >= 4 is 5.71 Å². The Balaban J connectivity index is 0.00000162. The first-order chi connectivity index (χ1) is 8.17. The summed E-state index contributed by atoms with van der Waals surface area (Å²) in [6, 6.07) is 4.21. The average Bonchev–Trinajstić information content (AvgIpc) is 2.34. The molecule has 0 fully saturated rings. The minimum Gasteiger partial charge on any atom is -1.00 e. The van der Waals surface area contributed by atoms with Crippen molar-refractivity contribution in [3.63, 3.8) is 0 Å². The molecule has 0 saturated heterocycles. The Morgan fingerprint density at radius 1 is 1.28 bits per heavy atom. The summed E-state index contributed by atoms with van der Waals surface area (Å²) in [7, 11) is 3.81. The van der Waals surface area contributed by atoms with E-state index in [4.69, 9.17) is 9.47 Å². The summed E-state index contributed by atoms with van der Waals surface area (Å²) in [5.41, 5.74) is 3.93. The number of halogens is 1. The standard InChI is InChI=1S/C14H20NO2.ClH/c1-5-17-14-8-11-6-7-15(3)10(2)12(11)9-13(14)16-4;/h8-9H,5-7H2,1-4H3;1H/q+1;/p-1. The summed E-state index contributed by atoms with van der Waals surface area (Å²) in [4.78, 5) is 0. The normalized spacial score (nSPS) is 13.8. The second kappa shape index (κ2) is 6.10. The molecule has 0 amide bonds. The van der Waals surface area contributed by atoms with Crippen molar-refractivity contribution in [3.05, 3.63) is 23.3 Å². The molecule has 0 atom stereocenters. The van der Waals surface area contributed by atoms with E-state index in [1.807, 2.05) is 6.92 Å². The number of hydrogen-bond donors (Lipinski definition) is 0. The van der Waals surface area contributed by atoms with Crippen LogP contribution in [-0.2, 0) is 6.42 Å². The summed E-state index contributed by atoms with van der Waals surface area (Å²) in [6.45, 7) is 5.87. The first-order valence-electron chi connectivity index (χ1n) is 6.06. The van der Waals surface area contributed by atoms with Crippen LogP contribution in [0.5, 0.6) is 11.5 Å². The zero-order valence-corrected chi connectivity index (χ0v) is 12.2. The van der Waals surface area contributed by atoms with E-state index in [0.29, 0.717) is 6.61 Å². The van der Waals surface area contributed by atoms with Crippen LogP contribution in [0.4, 0.5) is 0 Å². The number of nitrogens with zero attached hydrogens (tertiary/aromatic N) is 1. The molecule has 0 aliphatic carbocycles. The lowest BCUT2D eigenvalue weighted by atomic mass is 9.97. The van der Waals surface area contributed by atoms with Gasteiger partial charge < -0.3 is 21.9 Å². The van der Waals surface area contributed by atoms with Gasteiger partial charge in [-0.25, -0.2) is 4.58 Å². The van der Waals surface area contributed by atoms with Crippen LogP contribution in [0.3, 0.4) is 0 Å². The lowest BCUT2D eigenvalue weighted by Gasteiger charge is -2.18. The van der Waals surface area contributed by atoms with Crippen molar-refractivity contribution in [2.45, 2.75) is 20.3 Å². The zero-order chi connectivity index (χ0) is 12.4. The van der Waals surface area contributed by atoms with E-state index in [1.165, 1.54) is 16.8 Å². The highest BCUT2D eigenvalue weighted by atomic mass is 35.5. The lowest BCUT2D eigenvalue weighted by Crippen LogP contribution is -3.00. The van der Waals surface area contributed by atoms with Crippen molar-refractivity contribution in [3.8, 4) is 11.5 Å². The number of likely N-dealkylation sites (N-methyl/N-ethyl adjacent to an activating group) is 1. The zero-order valence-electron chi connectivity index (χ0n) is 11.4. The number of rotatable bonds is 3. The number of benzene rings is 1. The summed E-state index contributed by atoms with van der Waals surface area (Å²) in [6.07, 6.45) is 1.06. The molecule has 18 heavy (non-hydrogen) atoms. The molecule has 0 saturated carbocycles. The summed E-state index contributed by atoms with van der Waals surface area (Å²) in [5.74, 6) is 1.67. The van der Waals surface area contributed by atoms with Gasteiger partial charge >= 0.3 is 0 Å². The molecule has 0 radical (unpaired) electrons. The Kier molecular flexibility index (Phi) is 5.03. The second-order valence-electron chi connectivity index (χ2n) is 4.35. The van der Waals surface area contributed by atoms with Crippen LogP contribution in [0.2, 0.25) is 0 Å². The van der Waals surface area contributed by atoms with Gasteiger partial charge in [-0.05, 0) is 24.6 Å². The molecule has 3 nitrogen and oxygen atoms in total.